The first-order valence-electron chi connectivity index (χ1n) is 5.37. The Hall–Kier alpha value is -1.36. The number of hydrogen-bond acceptors (Lipinski definition) is 3. The second-order valence-electron chi connectivity index (χ2n) is 3.63. The summed E-state index contributed by atoms with van der Waals surface area (Å²) in [6.45, 7) is 0.530. The summed E-state index contributed by atoms with van der Waals surface area (Å²) in [6, 6.07) is 2.38. The van der Waals surface area contributed by atoms with Crippen molar-refractivity contribution in [2.24, 2.45) is 0 Å². The molecule has 0 aromatic heterocycles. The Balaban J connectivity index is 2.72. The zero-order valence-electron chi connectivity index (χ0n) is 9.58. The van der Waals surface area contributed by atoms with E-state index in [4.69, 9.17) is 6.42 Å². The van der Waals surface area contributed by atoms with Crippen molar-refractivity contribution in [1.82, 2.24) is 0 Å². The van der Waals surface area contributed by atoms with Crippen molar-refractivity contribution in [2.45, 2.75) is 19.3 Å². The maximum absolute atomic E-state index is 13.4. The first kappa shape index (κ1) is 14.7. The van der Waals surface area contributed by atoms with Crippen LogP contribution in [0.25, 0.3) is 0 Å². The molecule has 18 heavy (non-hydrogen) atoms. The monoisotopic (exact) mass is 362 g/mol. The van der Waals surface area contributed by atoms with Gasteiger partial charge in [-0.1, -0.05) is 0 Å². The Morgan fingerprint density at radius 3 is 2.83 bits per heavy atom. The van der Waals surface area contributed by atoms with Crippen LogP contribution in [0, 0.1) is 31.8 Å². The molecule has 0 spiro atoms. The van der Waals surface area contributed by atoms with E-state index in [-0.39, 0.29) is 14.9 Å². The molecule has 0 heterocycles. The third-order valence-corrected chi connectivity index (χ3v) is 3.13. The lowest BCUT2D eigenvalue weighted by Crippen LogP contribution is -2.05. The molecular formula is C12H12FIN2O2. The van der Waals surface area contributed by atoms with E-state index >= 15 is 0 Å². The smallest absolute Gasteiger partial charge is 0.293 e. The van der Waals surface area contributed by atoms with E-state index in [9.17, 15) is 14.5 Å². The summed E-state index contributed by atoms with van der Waals surface area (Å²) in [5, 5.41) is 13.7. The molecule has 0 fully saturated rings. The molecule has 0 unspecified atom stereocenters. The van der Waals surface area contributed by atoms with Crippen LogP contribution in [0.2, 0.25) is 0 Å². The first-order valence-corrected chi connectivity index (χ1v) is 6.45. The molecule has 1 rings (SSSR count). The van der Waals surface area contributed by atoms with Crippen molar-refractivity contribution >= 4 is 34.0 Å². The number of anilines is 1. The molecule has 1 aromatic carbocycles. The van der Waals surface area contributed by atoms with Crippen molar-refractivity contribution in [2.75, 3.05) is 11.9 Å². The SMILES string of the molecule is C#CCCCCNc1cc(F)c(I)cc1[N+](=O)[O-]. The van der Waals surface area contributed by atoms with Crippen LogP contribution in [0.5, 0.6) is 0 Å². The van der Waals surface area contributed by atoms with Gasteiger partial charge in [0.05, 0.1) is 8.49 Å². The van der Waals surface area contributed by atoms with E-state index in [1.165, 1.54) is 6.07 Å². The minimum atomic E-state index is -0.522. The Morgan fingerprint density at radius 1 is 1.50 bits per heavy atom. The van der Waals surface area contributed by atoms with E-state index in [0.717, 1.165) is 18.9 Å². The molecule has 0 radical (unpaired) electrons. The van der Waals surface area contributed by atoms with Crippen LogP contribution in [0.4, 0.5) is 15.8 Å². The summed E-state index contributed by atoms with van der Waals surface area (Å²) in [5.41, 5.74) is 0.0939. The molecule has 0 bridgehead atoms. The third-order valence-electron chi connectivity index (χ3n) is 2.30. The number of benzene rings is 1. The van der Waals surface area contributed by atoms with Crippen LogP contribution in [-0.2, 0) is 0 Å². The Kier molecular flexibility index (Phi) is 5.85. The van der Waals surface area contributed by atoms with E-state index in [0.29, 0.717) is 13.0 Å². The Morgan fingerprint density at radius 2 is 2.22 bits per heavy atom. The van der Waals surface area contributed by atoms with E-state index < -0.39 is 10.7 Å². The molecule has 1 aromatic rings. The third kappa shape index (κ3) is 4.14. The minimum absolute atomic E-state index is 0.113. The fourth-order valence-corrected chi connectivity index (χ4v) is 1.85. The molecule has 0 saturated heterocycles. The quantitative estimate of drug-likeness (QED) is 0.277. The molecule has 4 nitrogen and oxygen atoms in total. The van der Waals surface area contributed by atoms with Gasteiger partial charge in [-0.2, -0.15) is 0 Å². The molecule has 0 aliphatic rings. The molecule has 0 aliphatic heterocycles. The van der Waals surface area contributed by atoms with Gasteiger partial charge in [0, 0.05) is 25.1 Å². The van der Waals surface area contributed by atoms with Crippen LogP contribution in [0.15, 0.2) is 12.1 Å². The van der Waals surface area contributed by atoms with Crippen LogP contribution in [-0.4, -0.2) is 11.5 Å². The lowest BCUT2D eigenvalue weighted by Gasteiger charge is -2.07. The minimum Gasteiger partial charge on any atom is -0.379 e. The summed E-state index contributed by atoms with van der Waals surface area (Å²) < 4.78 is 13.6. The average Bonchev–Trinajstić information content (AvgIpc) is 2.32. The van der Waals surface area contributed by atoms with Gasteiger partial charge in [-0.15, -0.1) is 12.3 Å². The number of nitrogens with zero attached hydrogens (tertiary/aromatic N) is 1. The summed E-state index contributed by atoms with van der Waals surface area (Å²) in [4.78, 5) is 10.3. The number of terminal acetylenes is 1. The fourth-order valence-electron chi connectivity index (χ4n) is 1.40. The number of nitro groups is 1. The number of rotatable bonds is 6. The van der Waals surface area contributed by atoms with E-state index in [2.05, 4.69) is 11.2 Å². The second kappa shape index (κ2) is 7.16. The van der Waals surface area contributed by atoms with Crippen molar-refractivity contribution in [3.63, 3.8) is 0 Å². The molecule has 0 amide bonds. The van der Waals surface area contributed by atoms with E-state index in [1.54, 1.807) is 22.6 Å². The van der Waals surface area contributed by atoms with Gasteiger partial charge in [0.15, 0.2) is 0 Å². The fraction of sp³-hybridized carbons (Fsp3) is 0.333. The summed E-state index contributed by atoms with van der Waals surface area (Å²) >= 11 is 1.73. The lowest BCUT2D eigenvalue weighted by molar-refractivity contribution is -0.384. The molecule has 6 heteroatoms. The van der Waals surface area contributed by atoms with Gasteiger partial charge in [0.1, 0.15) is 11.5 Å². The van der Waals surface area contributed by atoms with Gasteiger partial charge in [0.25, 0.3) is 5.69 Å². The van der Waals surface area contributed by atoms with Crippen LogP contribution in [0.3, 0.4) is 0 Å². The highest BCUT2D eigenvalue weighted by Crippen LogP contribution is 2.28. The van der Waals surface area contributed by atoms with Gasteiger partial charge in [-0.25, -0.2) is 4.39 Å². The van der Waals surface area contributed by atoms with Crippen molar-refractivity contribution < 1.29 is 9.31 Å². The van der Waals surface area contributed by atoms with Gasteiger partial charge in [0.2, 0.25) is 0 Å². The molecule has 96 valence electrons. The Labute approximate surface area is 118 Å². The average molecular weight is 362 g/mol. The predicted octanol–water partition coefficient (Wildman–Crippen LogP) is 3.55. The standard InChI is InChI=1S/C12H12FIN2O2/c1-2-3-4-5-6-15-11-7-9(13)10(14)8-12(11)16(17)18/h1,7-8,15H,3-6H2. The van der Waals surface area contributed by atoms with Crippen molar-refractivity contribution in [3.8, 4) is 12.3 Å². The van der Waals surface area contributed by atoms with Crippen molar-refractivity contribution in [3.05, 3.63) is 31.6 Å². The number of nitrogens with one attached hydrogen (secondary N) is 1. The molecule has 0 atom stereocenters. The summed E-state index contributed by atoms with van der Waals surface area (Å²) in [7, 11) is 0. The van der Waals surface area contributed by atoms with E-state index in [1.807, 2.05) is 0 Å². The Bertz CT molecular complexity index is 486. The van der Waals surface area contributed by atoms with Gasteiger partial charge >= 0.3 is 0 Å². The molecular weight excluding hydrogens is 350 g/mol. The topological polar surface area (TPSA) is 55.2 Å². The summed E-state index contributed by atoms with van der Waals surface area (Å²) in [6.07, 6.45) is 7.41. The number of unbranched alkanes of at least 4 members (excludes halogenated alkanes) is 2. The second-order valence-corrected chi connectivity index (χ2v) is 4.79. The number of hydrogen-bond donors (Lipinski definition) is 1. The lowest BCUT2D eigenvalue weighted by atomic mass is 10.2. The van der Waals surface area contributed by atoms with Crippen molar-refractivity contribution in [1.29, 1.82) is 0 Å². The zero-order valence-corrected chi connectivity index (χ0v) is 11.7. The first-order chi connectivity index (χ1) is 8.56. The highest BCUT2D eigenvalue weighted by Gasteiger charge is 2.16. The van der Waals surface area contributed by atoms with Crippen LogP contribution >= 0.6 is 22.6 Å². The van der Waals surface area contributed by atoms with Crippen LogP contribution < -0.4 is 5.32 Å². The van der Waals surface area contributed by atoms with Gasteiger partial charge in [-0.05, 0) is 35.4 Å². The predicted molar refractivity (Wildman–Crippen MR) is 76.9 cm³/mol. The number of halogens is 2. The largest absolute Gasteiger partial charge is 0.379 e. The highest BCUT2D eigenvalue weighted by atomic mass is 127. The number of nitro benzene ring substituents is 1. The molecule has 0 aliphatic carbocycles. The summed E-state index contributed by atoms with van der Waals surface area (Å²) in [5.74, 6) is 2.05. The maximum Gasteiger partial charge on any atom is 0.293 e. The molecule has 0 saturated carbocycles. The highest BCUT2D eigenvalue weighted by molar-refractivity contribution is 14.1. The zero-order chi connectivity index (χ0) is 13.5. The van der Waals surface area contributed by atoms with Crippen LogP contribution in [0.1, 0.15) is 19.3 Å². The molecule has 1 N–H and O–H groups in total. The van der Waals surface area contributed by atoms with Gasteiger partial charge < -0.3 is 5.32 Å². The maximum atomic E-state index is 13.4. The normalized spacial score (nSPS) is 9.83. The van der Waals surface area contributed by atoms with Gasteiger partial charge in [-0.3, -0.25) is 10.1 Å².